The molecule has 3 aromatic rings. The number of rotatable bonds is 3. The van der Waals surface area contributed by atoms with Crippen LogP contribution in [0.2, 0.25) is 0 Å². The summed E-state index contributed by atoms with van der Waals surface area (Å²) in [6.45, 7) is 4.31. The summed E-state index contributed by atoms with van der Waals surface area (Å²) in [5.41, 5.74) is 4.11. The molecule has 0 bridgehead atoms. The number of hydrogen-bond donors (Lipinski definition) is 0. The number of hydrogen-bond acceptors (Lipinski definition) is 3. The van der Waals surface area contributed by atoms with Crippen molar-refractivity contribution in [2.45, 2.75) is 19.8 Å². The molecule has 0 unspecified atom stereocenters. The van der Waals surface area contributed by atoms with Crippen LogP contribution in [0.5, 0.6) is 0 Å². The lowest BCUT2D eigenvalue weighted by atomic mass is 10.0. The number of benzene rings is 2. The molecule has 0 atom stereocenters. The standard InChI is InChI=1S/C19H16N2O/c1-13(2)15-9-7-14(8-10-15)11-16(12-20)19-21-17-5-3-4-6-18(17)22-19/h3-11,13H,1-2H3/b16-11+. The van der Waals surface area contributed by atoms with E-state index in [1.807, 2.05) is 36.4 Å². The van der Waals surface area contributed by atoms with Gasteiger partial charge < -0.3 is 4.42 Å². The third-order valence-electron chi connectivity index (χ3n) is 3.56. The van der Waals surface area contributed by atoms with E-state index < -0.39 is 0 Å². The highest BCUT2D eigenvalue weighted by atomic mass is 16.3. The molecule has 3 nitrogen and oxygen atoms in total. The van der Waals surface area contributed by atoms with Crippen molar-refractivity contribution in [3.05, 3.63) is 65.5 Å². The molecule has 0 aliphatic heterocycles. The predicted molar refractivity (Wildman–Crippen MR) is 88.0 cm³/mol. The Morgan fingerprint density at radius 1 is 1.14 bits per heavy atom. The highest BCUT2D eigenvalue weighted by Gasteiger charge is 2.10. The van der Waals surface area contributed by atoms with Gasteiger partial charge >= 0.3 is 0 Å². The summed E-state index contributed by atoms with van der Waals surface area (Å²) in [4.78, 5) is 4.37. The van der Waals surface area contributed by atoms with Crippen LogP contribution in [0.1, 0.15) is 36.8 Å². The third-order valence-corrected chi connectivity index (χ3v) is 3.56. The Morgan fingerprint density at radius 2 is 1.86 bits per heavy atom. The molecule has 3 rings (SSSR count). The minimum atomic E-state index is 0.358. The van der Waals surface area contributed by atoms with Gasteiger partial charge in [-0.05, 0) is 35.3 Å². The minimum Gasteiger partial charge on any atom is -0.435 e. The van der Waals surface area contributed by atoms with Crippen molar-refractivity contribution in [2.75, 3.05) is 0 Å². The van der Waals surface area contributed by atoms with E-state index in [-0.39, 0.29) is 0 Å². The fraction of sp³-hybridized carbons (Fsp3) is 0.158. The molecule has 3 heteroatoms. The van der Waals surface area contributed by atoms with Crippen LogP contribution in [-0.4, -0.2) is 4.98 Å². The lowest BCUT2D eigenvalue weighted by Gasteiger charge is -2.04. The minimum absolute atomic E-state index is 0.358. The molecule has 0 fully saturated rings. The van der Waals surface area contributed by atoms with Crippen molar-refractivity contribution >= 4 is 22.7 Å². The highest BCUT2D eigenvalue weighted by molar-refractivity contribution is 5.88. The molecule has 1 aromatic heterocycles. The van der Waals surface area contributed by atoms with E-state index in [1.165, 1.54) is 5.56 Å². The number of oxazole rings is 1. The lowest BCUT2D eigenvalue weighted by Crippen LogP contribution is -1.87. The van der Waals surface area contributed by atoms with Crippen LogP contribution < -0.4 is 0 Å². The Labute approximate surface area is 129 Å². The molecule has 0 radical (unpaired) electrons. The van der Waals surface area contributed by atoms with Gasteiger partial charge in [-0.15, -0.1) is 0 Å². The van der Waals surface area contributed by atoms with E-state index in [4.69, 9.17) is 4.42 Å². The number of nitrogens with zero attached hydrogens (tertiary/aromatic N) is 2. The number of para-hydroxylation sites is 2. The number of aromatic nitrogens is 1. The largest absolute Gasteiger partial charge is 0.435 e. The smallest absolute Gasteiger partial charge is 0.238 e. The quantitative estimate of drug-likeness (QED) is 0.636. The fourth-order valence-corrected chi connectivity index (χ4v) is 2.27. The Balaban J connectivity index is 1.97. The van der Waals surface area contributed by atoms with Gasteiger partial charge in [0.05, 0.1) is 0 Å². The van der Waals surface area contributed by atoms with Crippen LogP contribution in [0.3, 0.4) is 0 Å². The van der Waals surface area contributed by atoms with Crippen LogP contribution >= 0.6 is 0 Å². The first-order valence-corrected chi connectivity index (χ1v) is 7.25. The van der Waals surface area contributed by atoms with E-state index in [1.54, 1.807) is 6.08 Å². The second kappa shape index (κ2) is 5.87. The van der Waals surface area contributed by atoms with Gasteiger partial charge in [0.1, 0.15) is 17.2 Å². The Morgan fingerprint density at radius 3 is 2.50 bits per heavy atom. The molecule has 0 amide bonds. The molecule has 0 spiro atoms. The molecule has 0 saturated heterocycles. The fourth-order valence-electron chi connectivity index (χ4n) is 2.27. The lowest BCUT2D eigenvalue weighted by molar-refractivity contribution is 0.586. The Bertz CT molecular complexity index is 831. The topological polar surface area (TPSA) is 49.8 Å². The first kappa shape index (κ1) is 14.1. The summed E-state index contributed by atoms with van der Waals surface area (Å²) in [6.07, 6.45) is 1.80. The first-order chi connectivity index (χ1) is 10.7. The zero-order chi connectivity index (χ0) is 15.5. The van der Waals surface area contributed by atoms with E-state index in [9.17, 15) is 5.26 Å². The number of allylic oxidation sites excluding steroid dienone is 1. The summed E-state index contributed by atoms with van der Waals surface area (Å²) in [5, 5.41) is 9.39. The van der Waals surface area contributed by atoms with Gasteiger partial charge in [0.15, 0.2) is 5.58 Å². The Hall–Kier alpha value is -2.86. The van der Waals surface area contributed by atoms with Crippen molar-refractivity contribution in [1.82, 2.24) is 4.98 Å². The summed E-state index contributed by atoms with van der Waals surface area (Å²) < 4.78 is 5.65. The van der Waals surface area contributed by atoms with Crippen molar-refractivity contribution in [3.63, 3.8) is 0 Å². The first-order valence-electron chi connectivity index (χ1n) is 7.25. The van der Waals surface area contributed by atoms with Crippen LogP contribution in [0.25, 0.3) is 22.7 Å². The summed E-state index contributed by atoms with van der Waals surface area (Å²) in [6, 6.07) is 17.9. The molecule has 2 aromatic carbocycles. The zero-order valence-corrected chi connectivity index (χ0v) is 12.6. The van der Waals surface area contributed by atoms with Crippen molar-refractivity contribution in [1.29, 1.82) is 5.26 Å². The van der Waals surface area contributed by atoms with Gasteiger partial charge in [0.25, 0.3) is 0 Å². The molecule has 1 heterocycles. The summed E-state index contributed by atoms with van der Waals surface area (Å²) in [7, 11) is 0. The maximum absolute atomic E-state index is 9.39. The molecule has 0 N–H and O–H groups in total. The van der Waals surface area contributed by atoms with Gasteiger partial charge in [0.2, 0.25) is 5.89 Å². The number of nitriles is 1. The van der Waals surface area contributed by atoms with Crippen molar-refractivity contribution < 1.29 is 4.42 Å². The van der Waals surface area contributed by atoms with E-state index >= 15 is 0 Å². The molecule has 0 aliphatic carbocycles. The third kappa shape index (κ3) is 2.77. The molecule has 108 valence electrons. The maximum Gasteiger partial charge on any atom is 0.238 e. The second-order valence-electron chi connectivity index (χ2n) is 5.48. The molecule has 0 aliphatic rings. The van der Waals surface area contributed by atoms with Crippen molar-refractivity contribution in [3.8, 4) is 6.07 Å². The van der Waals surface area contributed by atoms with E-state index in [2.05, 4.69) is 37.0 Å². The van der Waals surface area contributed by atoms with E-state index in [0.29, 0.717) is 23.0 Å². The Kier molecular flexibility index (Phi) is 3.76. The van der Waals surface area contributed by atoms with Crippen LogP contribution in [-0.2, 0) is 0 Å². The van der Waals surface area contributed by atoms with Gasteiger partial charge in [-0.3, -0.25) is 0 Å². The van der Waals surface area contributed by atoms with Gasteiger partial charge in [-0.2, -0.15) is 5.26 Å². The summed E-state index contributed by atoms with van der Waals surface area (Å²) in [5.74, 6) is 0.849. The molecule has 22 heavy (non-hydrogen) atoms. The number of fused-ring (bicyclic) bond motifs is 1. The SMILES string of the molecule is CC(C)c1ccc(/C=C(\C#N)c2nc3ccccc3o2)cc1. The van der Waals surface area contributed by atoms with E-state index in [0.717, 1.165) is 11.1 Å². The highest BCUT2D eigenvalue weighted by Crippen LogP contribution is 2.23. The molecular weight excluding hydrogens is 272 g/mol. The average molecular weight is 288 g/mol. The zero-order valence-electron chi connectivity index (χ0n) is 12.6. The van der Waals surface area contributed by atoms with Gasteiger partial charge in [0, 0.05) is 0 Å². The van der Waals surface area contributed by atoms with Gasteiger partial charge in [-0.1, -0.05) is 50.2 Å². The van der Waals surface area contributed by atoms with Crippen LogP contribution in [0.4, 0.5) is 0 Å². The molecule has 0 saturated carbocycles. The predicted octanol–water partition coefficient (Wildman–Crippen LogP) is 5.02. The second-order valence-corrected chi connectivity index (χ2v) is 5.48. The normalized spacial score (nSPS) is 11.8. The summed E-state index contributed by atoms with van der Waals surface area (Å²) >= 11 is 0. The van der Waals surface area contributed by atoms with Gasteiger partial charge in [-0.25, -0.2) is 4.98 Å². The van der Waals surface area contributed by atoms with Crippen molar-refractivity contribution in [2.24, 2.45) is 0 Å². The van der Waals surface area contributed by atoms with Crippen LogP contribution in [0, 0.1) is 11.3 Å². The monoisotopic (exact) mass is 288 g/mol. The average Bonchev–Trinajstić information content (AvgIpc) is 2.96. The maximum atomic E-state index is 9.39. The van der Waals surface area contributed by atoms with Crippen LogP contribution in [0.15, 0.2) is 52.9 Å². The molecular formula is C19H16N2O.